The average Bonchev–Trinajstić information content (AvgIpc) is 3.70. The molecule has 4 rings (SSSR count). The predicted octanol–water partition coefficient (Wildman–Crippen LogP) is 2.71. The molecule has 1 aromatic heterocycles. The van der Waals surface area contributed by atoms with E-state index in [4.69, 9.17) is 4.74 Å². The standard InChI is InChI=1S/C26H30N4O4/c1-16-13-30(17(2)15-31)26(33)22-10-21(20-6-4-5-18(9-20)11-27)12-28-24(22)34-23(16)14-29(3)25(32)19-7-8-19/h4-6,9-10,12,16-17,19,23,31H,7-8,13-15H2,1-3H3/t16-,17-,23+/m1/s1. The van der Waals surface area contributed by atoms with Crippen LogP contribution in [0.15, 0.2) is 36.5 Å². The summed E-state index contributed by atoms with van der Waals surface area (Å²) in [6.45, 7) is 4.38. The Hall–Kier alpha value is -3.44. The molecule has 2 aliphatic rings. The van der Waals surface area contributed by atoms with Gasteiger partial charge in [-0.15, -0.1) is 0 Å². The first kappa shape index (κ1) is 23.7. The van der Waals surface area contributed by atoms with Crippen molar-refractivity contribution in [2.24, 2.45) is 11.8 Å². The molecular weight excluding hydrogens is 432 g/mol. The Morgan fingerprint density at radius 1 is 1.35 bits per heavy atom. The fourth-order valence-electron chi connectivity index (χ4n) is 4.25. The molecule has 178 valence electrons. The Labute approximate surface area is 199 Å². The minimum Gasteiger partial charge on any atom is -0.472 e. The van der Waals surface area contributed by atoms with Gasteiger partial charge in [-0.25, -0.2) is 4.98 Å². The number of aliphatic hydroxyl groups is 1. The zero-order valence-electron chi connectivity index (χ0n) is 19.8. The van der Waals surface area contributed by atoms with Gasteiger partial charge in [0.05, 0.1) is 30.8 Å². The molecule has 1 fully saturated rings. The van der Waals surface area contributed by atoms with Gasteiger partial charge in [-0.05, 0) is 43.5 Å². The van der Waals surface area contributed by atoms with Crippen molar-refractivity contribution in [1.82, 2.24) is 14.8 Å². The van der Waals surface area contributed by atoms with Crippen molar-refractivity contribution in [3.8, 4) is 23.1 Å². The summed E-state index contributed by atoms with van der Waals surface area (Å²) in [5.41, 5.74) is 2.27. The molecule has 1 N–H and O–H groups in total. The maximum Gasteiger partial charge on any atom is 0.259 e. The Kier molecular flexibility index (Phi) is 6.85. The van der Waals surface area contributed by atoms with Crippen LogP contribution in [0.25, 0.3) is 11.1 Å². The highest BCUT2D eigenvalue weighted by molar-refractivity contribution is 5.98. The summed E-state index contributed by atoms with van der Waals surface area (Å²) in [7, 11) is 1.79. The summed E-state index contributed by atoms with van der Waals surface area (Å²) in [4.78, 5) is 34.0. The maximum absolute atomic E-state index is 13.6. The molecule has 0 bridgehead atoms. The first-order valence-corrected chi connectivity index (χ1v) is 11.7. The number of benzene rings is 1. The van der Waals surface area contributed by atoms with Crippen molar-refractivity contribution in [1.29, 1.82) is 5.26 Å². The molecule has 1 saturated carbocycles. The SMILES string of the molecule is C[C@@H]1CN([C@H](C)CO)C(=O)c2cc(-c3cccc(C#N)c3)cnc2O[C@H]1CN(C)C(=O)C1CC1. The summed E-state index contributed by atoms with van der Waals surface area (Å²) in [6.07, 6.45) is 3.12. The van der Waals surface area contributed by atoms with Crippen LogP contribution in [-0.2, 0) is 4.79 Å². The van der Waals surface area contributed by atoms with E-state index >= 15 is 0 Å². The van der Waals surface area contributed by atoms with E-state index in [0.29, 0.717) is 29.8 Å². The van der Waals surface area contributed by atoms with Gasteiger partial charge in [0.25, 0.3) is 5.91 Å². The highest BCUT2D eigenvalue weighted by Crippen LogP contribution is 2.33. The van der Waals surface area contributed by atoms with Crippen molar-refractivity contribution in [2.45, 2.75) is 38.8 Å². The maximum atomic E-state index is 13.6. The second-order valence-electron chi connectivity index (χ2n) is 9.39. The van der Waals surface area contributed by atoms with Gasteiger partial charge in [-0.1, -0.05) is 19.1 Å². The number of pyridine rings is 1. The Balaban J connectivity index is 1.71. The van der Waals surface area contributed by atoms with Gasteiger partial charge in [-0.3, -0.25) is 9.59 Å². The van der Waals surface area contributed by atoms with Crippen LogP contribution in [0.1, 0.15) is 42.6 Å². The molecule has 0 spiro atoms. The van der Waals surface area contributed by atoms with E-state index in [-0.39, 0.29) is 42.2 Å². The van der Waals surface area contributed by atoms with Gasteiger partial charge in [0, 0.05) is 37.2 Å². The predicted molar refractivity (Wildman–Crippen MR) is 126 cm³/mol. The molecule has 0 radical (unpaired) electrons. The van der Waals surface area contributed by atoms with E-state index in [9.17, 15) is 20.0 Å². The molecule has 34 heavy (non-hydrogen) atoms. The molecule has 1 aromatic carbocycles. The lowest BCUT2D eigenvalue weighted by Crippen LogP contribution is -2.50. The highest BCUT2D eigenvalue weighted by Gasteiger charge is 2.37. The Bertz CT molecular complexity index is 1120. The molecule has 2 heterocycles. The minimum atomic E-state index is -0.391. The third-order valence-corrected chi connectivity index (χ3v) is 6.60. The van der Waals surface area contributed by atoms with E-state index in [1.807, 2.05) is 13.0 Å². The first-order chi connectivity index (χ1) is 16.3. The molecule has 2 amide bonds. The zero-order valence-corrected chi connectivity index (χ0v) is 19.8. The van der Waals surface area contributed by atoms with Crippen molar-refractivity contribution >= 4 is 11.8 Å². The lowest BCUT2D eigenvalue weighted by atomic mass is 9.98. The van der Waals surface area contributed by atoms with Crippen molar-refractivity contribution in [3.05, 3.63) is 47.7 Å². The smallest absolute Gasteiger partial charge is 0.259 e. The largest absolute Gasteiger partial charge is 0.472 e. The molecule has 2 aromatic rings. The molecular formula is C26H30N4O4. The van der Waals surface area contributed by atoms with Crippen LogP contribution in [0.5, 0.6) is 5.88 Å². The van der Waals surface area contributed by atoms with E-state index in [0.717, 1.165) is 18.4 Å². The number of nitrogens with zero attached hydrogens (tertiary/aromatic N) is 4. The minimum absolute atomic E-state index is 0.0886. The van der Waals surface area contributed by atoms with Gasteiger partial charge in [0.2, 0.25) is 11.8 Å². The fraction of sp³-hybridized carbons (Fsp3) is 0.462. The number of aromatic nitrogens is 1. The van der Waals surface area contributed by atoms with Crippen molar-refractivity contribution < 1.29 is 19.4 Å². The Morgan fingerprint density at radius 2 is 2.12 bits per heavy atom. The third-order valence-electron chi connectivity index (χ3n) is 6.60. The molecule has 3 atom stereocenters. The number of aliphatic hydroxyl groups excluding tert-OH is 1. The number of ether oxygens (including phenoxy) is 1. The number of hydrogen-bond acceptors (Lipinski definition) is 6. The van der Waals surface area contributed by atoms with Crippen LogP contribution in [0, 0.1) is 23.2 Å². The summed E-state index contributed by atoms with van der Waals surface area (Å²) < 4.78 is 6.27. The molecule has 1 aliphatic heterocycles. The van der Waals surface area contributed by atoms with E-state index in [1.54, 1.807) is 54.2 Å². The summed E-state index contributed by atoms with van der Waals surface area (Å²) in [6, 6.07) is 10.6. The first-order valence-electron chi connectivity index (χ1n) is 11.7. The number of amides is 2. The second-order valence-corrected chi connectivity index (χ2v) is 9.39. The van der Waals surface area contributed by atoms with Crippen LogP contribution in [0.4, 0.5) is 0 Å². The van der Waals surface area contributed by atoms with Gasteiger partial charge < -0.3 is 19.6 Å². The second kappa shape index (κ2) is 9.82. The third kappa shape index (κ3) is 4.90. The summed E-state index contributed by atoms with van der Waals surface area (Å²) in [5, 5.41) is 19.1. The number of carbonyl (C=O) groups is 2. The van der Waals surface area contributed by atoms with Crippen LogP contribution in [-0.4, -0.2) is 70.6 Å². The fourth-order valence-corrected chi connectivity index (χ4v) is 4.25. The quantitative estimate of drug-likeness (QED) is 0.707. The Morgan fingerprint density at radius 3 is 2.79 bits per heavy atom. The van der Waals surface area contributed by atoms with E-state index in [2.05, 4.69) is 11.1 Å². The molecule has 8 nitrogen and oxygen atoms in total. The van der Waals surface area contributed by atoms with Gasteiger partial charge in [0.1, 0.15) is 11.7 Å². The molecule has 0 unspecified atom stereocenters. The number of likely N-dealkylation sites (N-methyl/N-ethyl adjacent to an activating group) is 1. The molecule has 1 aliphatic carbocycles. The normalized spacial score (nSPS) is 20.9. The lowest BCUT2D eigenvalue weighted by molar-refractivity contribution is -0.132. The lowest BCUT2D eigenvalue weighted by Gasteiger charge is -2.37. The summed E-state index contributed by atoms with van der Waals surface area (Å²) in [5.74, 6) is 0.0856. The monoisotopic (exact) mass is 462 g/mol. The number of carbonyl (C=O) groups excluding carboxylic acids is 2. The number of rotatable bonds is 6. The number of hydrogen-bond donors (Lipinski definition) is 1. The summed E-state index contributed by atoms with van der Waals surface area (Å²) >= 11 is 0. The van der Waals surface area contributed by atoms with Crippen molar-refractivity contribution in [2.75, 3.05) is 26.7 Å². The van der Waals surface area contributed by atoms with Crippen LogP contribution in [0.2, 0.25) is 0 Å². The highest BCUT2D eigenvalue weighted by atomic mass is 16.5. The van der Waals surface area contributed by atoms with Crippen molar-refractivity contribution in [3.63, 3.8) is 0 Å². The van der Waals surface area contributed by atoms with Crippen LogP contribution in [0.3, 0.4) is 0 Å². The van der Waals surface area contributed by atoms with Gasteiger partial charge in [-0.2, -0.15) is 5.26 Å². The topological polar surface area (TPSA) is 107 Å². The number of fused-ring (bicyclic) bond motifs is 1. The molecule has 0 saturated heterocycles. The zero-order chi connectivity index (χ0) is 24.4. The molecule has 8 heteroatoms. The van der Waals surface area contributed by atoms with Gasteiger partial charge >= 0.3 is 0 Å². The average molecular weight is 463 g/mol. The van der Waals surface area contributed by atoms with Crippen LogP contribution >= 0.6 is 0 Å². The van der Waals surface area contributed by atoms with E-state index < -0.39 is 6.04 Å². The number of nitriles is 1. The van der Waals surface area contributed by atoms with Crippen LogP contribution < -0.4 is 4.74 Å². The van der Waals surface area contributed by atoms with E-state index in [1.165, 1.54) is 0 Å². The van der Waals surface area contributed by atoms with Gasteiger partial charge in [0.15, 0.2) is 0 Å².